The molecule has 1 heterocycles. The van der Waals surface area contributed by atoms with Gasteiger partial charge in [0.15, 0.2) is 0 Å². The van der Waals surface area contributed by atoms with Gasteiger partial charge in [0.1, 0.15) is 0 Å². The Balaban J connectivity index is 1.98. The summed E-state index contributed by atoms with van der Waals surface area (Å²) < 4.78 is 0. The minimum Gasteiger partial charge on any atom is -0.317 e. The van der Waals surface area contributed by atoms with E-state index in [-0.39, 0.29) is 0 Å². The zero-order valence-corrected chi connectivity index (χ0v) is 11.2. The molecule has 0 radical (unpaired) electrons. The number of benzene rings is 1. The number of halogens is 1. The molecular weight excluding hydrogens is 232 g/mol. The number of hydrogen-bond acceptors (Lipinski definition) is 2. The van der Waals surface area contributed by atoms with Gasteiger partial charge < -0.3 is 5.32 Å². The van der Waals surface area contributed by atoms with E-state index in [2.05, 4.69) is 29.3 Å². The molecule has 2 rings (SSSR count). The molecule has 0 amide bonds. The van der Waals surface area contributed by atoms with Gasteiger partial charge in [-0.15, -0.1) is 0 Å². The van der Waals surface area contributed by atoms with Crippen molar-refractivity contribution >= 4 is 11.6 Å². The summed E-state index contributed by atoms with van der Waals surface area (Å²) >= 11 is 6.03. The van der Waals surface area contributed by atoms with E-state index in [4.69, 9.17) is 11.6 Å². The Bertz CT molecular complexity index is 348. The van der Waals surface area contributed by atoms with Gasteiger partial charge in [0.25, 0.3) is 0 Å². The quantitative estimate of drug-likeness (QED) is 0.887. The van der Waals surface area contributed by atoms with Crippen molar-refractivity contribution in [3.05, 3.63) is 34.9 Å². The van der Waals surface area contributed by atoms with E-state index in [1.54, 1.807) is 0 Å². The van der Waals surface area contributed by atoms with Gasteiger partial charge in [0, 0.05) is 17.6 Å². The molecule has 17 heavy (non-hydrogen) atoms. The van der Waals surface area contributed by atoms with Crippen molar-refractivity contribution in [3.8, 4) is 0 Å². The predicted octanol–water partition coefficient (Wildman–Crippen LogP) is 2.91. The Morgan fingerprint density at radius 1 is 1.35 bits per heavy atom. The number of nitrogens with zero attached hydrogens (tertiary/aromatic N) is 1. The largest absolute Gasteiger partial charge is 0.317 e. The Hall–Kier alpha value is -0.570. The number of nitrogens with one attached hydrogen (secondary N) is 1. The first kappa shape index (κ1) is 12.9. The molecule has 0 unspecified atom stereocenters. The van der Waals surface area contributed by atoms with Crippen LogP contribution >= 0.6 is 11.6 Å². The summed E-state index contributed by atoms with van der Waals surface area (Å²) in [5.74, 6) is 0. The van der Waals surface area contributed by atoms with Gasteiger partial charge >= 0.3 is 0 Å². The molecule has 2 nitrogen and oxygen atoms in total. The maximum absolute atomic E-state index is 6.03. The molecule has 3 heteroatoms. The highest BCUT2D eigenvalue weighted by molar-refractivity contribution is 6.30. The molecule has 0 spiro atoms. The van der Waals surface area contributed by atoms with Crippen LogP contribution in [0.1, 0.15) is 25.3 Å². The Morgan fingerprint density at radius 3 is 2.76 bits per heavy atom. The topological polar surface area (TPSA) is 15.3 Å². The normalized spacial score (nSPS) is 17.6. The highest BCUT2D eigenvalue weighted by Gasteiger charge is 2.19. The van der Waals surface area contributed by atoms with Gasteiger partial charge in [-0.1, -0.05) is 30.7 Å². The summed E-state index contributed by atoms with van der Waals surface area (Å²) in [4.78, 5) is 2.56. The van der Waals surface area contributed by atoms with E-state index >= 15 is 0 Å². The summed E-state index contributed by atoms with van der Waals surface area (Å²) in [6.07, 6.45) is 2.52. The molecule has 0 saturated carbocycles. The second-order valence-corrected chi connectivity index (χ2v) is 5.11. The van der Waals surface area contributed by atoms with Gasteiger partial charge in [-0.2, -0.15) is 0 Å². The van der Waals surface area contributed by atoms with Crippen molar-refractivity contribution < 1.29 is 0 Å². The fourth-order valence-corrected chi connectivity index (χ4v) is 2.75. The summed E-state index contributed by atoms with van der Waals surface area (Å²) in [5.41, 5.74) is 1.32. The van der Waals surface area contributed by atoms with Crippen LogP contribution < -0.4 is 5.32 Å². The van der Waals surface area contributed by atoms with Gasteiger partial charge in [-0.25, -0.2) is 0 Å². The lowest BCUT2D eigenvalue weighted by molar-refractivity contribution is 0.162. The molecule has 1 N–H and O–H groups in total. The predicted molar refractivity (Wildman–Crippen MR) is 73.4 cm³/mol. The van der Waals surface area contributed by atoms with E-state index in [0.717, 1.165) is 37.2 Å². The fourth-order valence-electron chi connectivity index (χ4n) is 2.54. The van der Waals surface area contributed by atoms with Crippen LogP contribution in [0.25, 0.3) is 0 Å². The monoisotopic (exact) mass is 252 g/mol. The van der Waals surface area contributed by atoms with Crippen LogP contribution in [0, 0.1) is 0 Å². The van der Waals surface area contributed by atoms with E-state index in [0.29, 0.717) is 0 Å². The summed E-state index contributed by atoms with van der Waals surface area (Å²) in [6, 6.07) is 8.93. The first-order valence-corrected chi connectivity index (χ1v) is 6.86. The van der Waals surface area contributed by atoms with Gasteiger partial charge in [0.05, 0.1) is 0 Å². The van der Waals surface area contributed by atoms with Crippen LogP contribution in [-0.4, -0.2) is 30.6 Å². The van der Waals surface area contributed by atoms with E-state index < -0.39 is 0 Å². The lowest BCUT2D eigenvalue weighted by Crippen LogP contribution is -2.42. The number of rotatable bonds is 4. The molecule has 94 valence electrons. The molecule has 1 aromatic rings. The van der Waals surface area contributed by atoms with Crippen molar-refractivity contribution in [1.82, 2.24) is 10.2 Å². The Kier molecular flexibility index (Phi) is 4.84. The smallest absolute Gasteiger partial charge is 0.0409 e. The molecule has 1 aromatic carbocycles. The molecule has 0 atom stereocenters. The number of hydrogen-bond donors (Lipinski definition) is 1. The van der Waals surface area contributed by atoms with Crippen molar-refractivity contribution in [1.29, 1.82) is 0 Å². The van der Waals surface area contributed by atoms with E-state index in [1.165, 1.54) is 18.4 Å². The van der Waals surface area contributed by atoms with Crippen LogP contribution in [0.5, 0.6) is 0 Å². The van der Waals surface area contributed by atoms with Crippen molar-refractivity contribution in [2.75, 3.05) is 19.6 Å². The molecule has 0 bridgehead atoms. The molecule has 0 aliphatic carbocycles. The lowest BCUT2D eigenvalue weighted by atomic mass is 10.0. The second kappa shape index (κ2) is 6.39. The van der Waals surface area contributed by atoms with Crippen LogP contribution in [-0.2, 0) is 6.54 Å². The van der Waals surface area contributed by atoms with Crippen LogP contribution in [0.4, 0.5) is 0 Å². The third kappa shape index (κ3) is 3.70. The highest BCUT2D eigenvalue weighted by Crippen LogP contribution is 2.17. The van der Waals surface area contributed by atoms with E-state index in [1.807, 2.05) is 12.1 Å². The second-order valence-electron chi connectivity index (χ2n) is 4.67. The zero-order chi connectivity index (χ0) is 12.1. The summed E-state index contributed by atoms with van der Waals surface area (Å²) in [6.45, 7) is 6.67. The molecule has 1 fully saturated rings. The lowest BCUT2D eigenvalue weighted by Gasteiger charge is -2.33. The van der Waals surface area contributed by atoms with E-state index in [9.17, 15) is 0 Å². The SMILES string of the molecule is CCN(Cc1cccc(Cl)c1)C1CCNCC1. The zero-order valence-electron chi connectivity index (χ0n) is 10.5. The highest BCUT2D eigenvalue weighted by atomic mass is 35.5. The van der Waals surface area contributed by atoms with Crippen molar-refractivity contribution in [2.24, 2.45) is 0 Å². The Morgan fingerprint density at radius 2 is 2.12 bits per heavy atom. The maximum Gasteiger partial charge on any atom is 0.0409 e. The summed E-state index contributed by atoms with van der Waals surface area (Å²) in [5, 5.41) is 4.26. The van der Waals surface area contributed by atoms with Gasteiger partial charge in [-0.05, 0) is 50.2 Å². The average Bonchev–Trinajstić information content (AvgIpc) is 2.37. The van der Waals surface area contributed by atoms with Crippen molar-refractivity contribution in [3.63, 3.8) is 0 Å². The third-order valence-corrected chi connectivity index (χ3v) is 3.74. The maximum atomic E-state index is 6.03. The molecule has 1 saturated heterocycles. The third-order valence-electron chi connectivity index (χ3n) is 3.51. The summed E-state index contributed by atoms with van der Waals surface area (Å²) in [7, 11) is 0. The standard InChI is InChI=1S/C14H21ClN2/c1-2-17(14-6-8-16-9-7-14)11-12-4-3-5-13(15)10-12/h3-5,10,14,16H,2,6-9,11H2,1H3. The van der Waals surface area contributed by atoms with Crippen LogP contribution in [0.2, 0.25) is 5.02 Å². The van der Waals surface area contributed by atoms with Crippen LogP contribution in [0.3, 0.4) is 0 Å². The molecule has 1 aliphatic heterocycles. The van der Waals surface area contributed by atoms with Crippen molar-refractivity contribution in [2.45, 2.75) is 32.4 Å². The minimum absolute atomic E-state index is 0.722. The number of piperidine rings is 1. The average molecular weight is 253 g/mol. The first-order valence-electron chi connectivity index (χ1n) is 6.49. The van der Waals surface area contributed by atoms with Crippen LogP contribution in [0.15, 0.2) is 24.3 Å². The minimum atomic E-state index is 0.722. The first-order chi connectivity index (χ1) is 8.29. The molecule has 0 aromatic heterocycles. The Labute approximate surface area is 109 Å². The molecular formula is C14H21ClN2. The fraction of sp³-hybridized carbons (Fsp3) is 0.571. The molecule has 1 aliphatic rings. The van der Waals surface area contributed by atoms with Gasteiger partial charge in [0.2, 0.25) is 0 Å². The van der Waals surface area contributed by atoms with Gasteiger partial charge in [-0.3, -0.25) is 4.90 Å².